The minimum absolute atomic E-state index is 0.708. The van der Waals surface area contributed by atoms with E-state index in [2.05, 4.69) is 51.0 Å². The van der Waals surface area contributed by atoms with Gasteiger partial charge in [-0.1, -0.05) is 38.3 Å². The highest BCUT2D eigenvalue weighted by Crippen LogP contribution is 2.33. The first kappa shape index (κ1) is 13.2. The van der Waals surface area contributed by atoms with Gasteiger partial charge in [-0.3, -0.25) is 0 Å². The highest BCUT2D eigenvalue weighted by atomic mass is 14.7. The lowest BCUT2D eigenvalue weighted by Gasteiger charge is -2.14. The normalized spacial score (nSPS) is 13.1. The zero-order chi connectivity index (χ0) is 13.1. The van der Waals surface area contributed by atoms with Gasteiger partial charge >= 0.3 is 0 Å². The van der Waals surface area contributed by atoms with E-state index >= 15 is 0 Å². The van der Waals surface area contributed by atoms with E-state index in [1.165, 1.54) is 53.3 Å². The minimum Gasteiger partial charge on any atom is -0.361 e. The van der Waals surface area contributed by atoms with Crippen molar-refractivity contribution in [2.75, 3.05) is 0 Å². The molecule has 1 N–H and O–H groups in total. The third-order valence-electron chi connectivity index (χ3n) is 4.00. The molecule has 0 spiro atoms. The van der Waals surface area contributed by atoms with Crippen molar-refractivity contribution in [3.63, 3.8) is 0 Å². The zero-order valence-electron chi connectivity index (χ0n) is 12.1. The SMILES string of the molecule is CCCCC(CC)c1c[nH]c2c(C)cc(C)cc12. The number of H-pyrrole nitrogens is 1. The number of unbranched alkanes of at least 4 members (excludes halogenated alkanes) is 1. The predicted octanol–water partition coefficient (Wildman–Crippen LogP) is 5.47. The molecule has 1 heteroatoms. The number of benzene rings is 1. The van der Waals surface area contributed by atoms with Gasteiger partial charge in [-0.15, -0.1) is 0 Å². The number of nitrogens with one attached hydrogen (secondary N) is 1. The van der Waals surface area contributed by atoms with Gasteiger partial charge in [0.1, 0.15) is 0 Å². The Morgan fingerprint density at radius 1 is 1.17 bits per heavy atom. The van der Waals surface area contributed by atoms with E-state index in [-0.39, 0.29) is 0 Å². The monoisotopic (exact) mass is 243 g/mol. The fourth-order valence-corrected chi connectivity index (χ4v) is 2.98. The first-order chi connectivity index (χ1) is 8.67. The summed E-state index contributed by atoms with van der Waals surface area (Å²) in [5, 5.41) is 1.44. The van der Waals surface area contributed by atoms with Crippen LogP contribution in [0, 0.1) is 13.8 Å². The van der Waals surface area contributed by atoms with E-state index in [9.17, 15) is 0 Å². The van der Waals surface area contributed by atoms with Crippen molar-refractivity contribution in [3.8, 4) is 0 Å². The molecule has 0 radical (unpaired) electrons. The Hall–Kier alpha value is -1.24. The zero-order valence-corrected chi connectivity index (χ0v) is 12.1. The number of aryl methyl sites for hydroxylation is 2. The molecule has 0 amide bonds. The summed E-state index contributed by atoms with van der Waals surface area (Å²) in [5.41, 5.74) is 5.58. The summed E-state index contributed by atoms with van der Waals surface area (Å²) in [6.07, 6.45) is 7.40. The molecule has 98 valence electrons. The molecule has 1 unspecified atom stereocenters. The van der Waals surface area contributed by atoms with Gasteiger partial charge in [-0.05, 0) is 49.8 Å². The first-order valence-electron chi connectivity index (χ1n) is 7.25. The number of fused-ring (bicyclic) bond motifs is 1. The number of hydrogen-bond donors (Lipinski definition) is 1. The van der Waals surface area contributed by atoms with Crippen LogP contribution >= 0.6 is 0 Å². The van der Waals surface area contributed by atoms with Crippen molar-refractivity contribution in [2.45, 2.75) is 59.3 Å². The summed E-state index contributed by atoms with van der Waals surface area (Å²) < 4.78 is 0. The van der Waals surface area contributed by atoms with E-state index in [1.54, 1.807) is 0 Å². The Balaban J connectivity index is 2.43. The van der Waals surface area contributed by atoms with Gasteiger partial charge in [-0.25, -0.2) is 0 Å². The largest absolute Gasteiger partial charge is 0.361 e. The third-order valence-corrected chi connectivity index (χ3v) is 4.00. The van der Waals surface area contributed by atoms with Crippen LogP contribution < -0.4 is 0 Å². The second-order valence-electron chi connectivity index (χ2n) is 5.50. The molecule has 0 bridgehead atoms. The molecule has 0 saturated heterocycles. The van der Waals surface area contributed by atoms with Gasteiger partial charge in [0, 0.05) is 17.1 Å². The Kier molecular flexibility index (Phi) is 4.11. The Labute approximate surface area is 111 Å². The van der Waals surface area contributed by atoms with Crippen LogP contribution in [0.25, 0.3) is 10.9 Å². The molecule has 0 aliphatic heterocycles. The number of aromatic nitrogens is 1. The summed E-state index contributed by atoms with van der Waals surface area (Å²) in [5.74, 6) is 0.708. The molecule has 1 nitrogen and oxygen atoms in total. The van der Waals surface area contributed by atoms with Crippen molar-refractivity contribution < 1.29 is 0 Å². The Morgan fingerprint density at radius 3 is 2.61 bits per heavy atom. The van der Waals surface area contributed by atoms with Crippen molar-refractivity contribution in [1.82, 2.24) is 4.98 Å². The second kappa shape index (κ2) is 5.60. The van der Waals surface area contributed by atoms with Crippen molar-refractivity contribution in [2.24, 2.45) is 0 Å². The average molecular weight is 243 g/mol. The first-order valence-corrected chi connectivity index (χ1v) is 7.25. The summed E-state index contributed by atoms with van der Waals surface area (Å²) in [6.45, 7) is 8.97. The molecule has 1 aromatic carbocycles. The standard InChI is InChI=1S/C17H25N/c1-5-7-8-14(6-2)16-11-18-17-13(4)9-12(3)10-15(16)17/h9-11,14,18H,5-8H2,1-4H3. The summed E-state index contributed by atoms with van der Waals surface area (Å²) in [6, 6.07) is 4.60. The van der Waals surface area contributed by atoms with E-state index in [4.69, 9.17) is 0 Å². The number of hydrogen-bond acceptors (Lipinski definition) is 0. The third kappa shape index (κ3) is 2.45. The van der Waals surface area contributed by atoms with Crippen LogP contribution in [0.15, 0.2) is 18.3 Å². The van der Waals surface area contributed by atoms with Crippen LogP contribution in [0.1, 0.15) is 62.1 Å². The van der Waals surface area contributed by atoms with Crippen LogP contribution in [0.5, 0.6) is 0 Å². The van der Waals surface area contributed by atoms with Gasteiger partial charge in [0.05, 0.1) is 0 Å². The minimum atomic E-state index is 0.708. The predicted molar refractivity (Wildman–Crippen MR) is 80.3 cm³/mol. The van der Waals surface area contributed by atoms with E-state index < -0.39 is 0 Å². The average Bonchev–Trinajstić information content (AvgIpc) is 2.74. The highest BCUT2D eigenvalue weighted by molar-refractivity contribution is 5.87. The molecule has 18 heavy (non-hydrogen) atoms. The van der Waals surface area contributed by atoms with Gasteiger partial charge in [0.25, 0.3) is 0 Å². The molecule has 1 heterocycles. The van der Waals surface area contributed by atoms with Crippen LogP contribution in [0.3, 0.4) is 0 Å². The maximum Gasteiger partial charge on any atom is 0.0486 e. The lowest BCUT2D eigenvalue weighted by molar-refractivity contribution is 0.573. The highest BCUT2D eigenvalue weighted by Gasteiger charge is 2.14. The van der Waals surface area contributed by atoms with Crippen LogP contribution in [0.2, 0.25) is 0 Å². The van der Waals surface area contributed by atoms with Crippen LogP contribution in [-0.4, -0.2) is 4.98 Å². The Bertz CT molecular complexity index is 522. The van der Waals surface area contributed by atoms with Crippen LogP contribution in [-0.2, 0) is 0 Å². The smallest absolute Gasteiger partial charge is 0.0486 e. The summed E-state index contributed by atoms with van der Waals surface area (Å²) in [4.78, 5) is 3.47. The molecule has 2 rings (SSSR count). The van der Waals surface area contributed by atoms with Crippen molar-refractivity contribution >= 4 is 10.9 Å². The maximum atomic E-state index is 3.47. The second-order valence-corrected chi connectivity index (χ2v) is 5.50. The summed E-state index contributed by atoms with van der Waals surface area (Å²) in [7, 11) is 0. The fraction of sp³-hybridized carbons (Fsp3) is 0.529. The quantitative estimate of drug-likeness (QED) is 0.717. The molecule has 0 aliphatic rings. The molecule has 0 saturated carbocycles. The molecule has 1 aromatic heterocycles. The van der Waals surface area contributed by atoms with Crippen molar-refractivity contribution in [1.29, 1.82) is 0 Å². The van der Waals surface area contributed by atoms with Gasteiger partial charge in [0.15, 0.2) is 0 Å². The summed E-state index contributed by atoms with van der Waals surface area (Å²) >= 11 is 0. The number of rotatable bonds is 5. The fourth-order valence-electron chi connectivity index (χ4n) is 2.98. The molecule has 0 aliphatic carbocycles. The van der Waals surface area contributed by atoms with Crippen molar-refractivity contribution in [3.05, 3.63) is 35.0 Å². The molecule has 0 fully saturated rings. The van der Waals surface area contributed by atoms with E-state index in [0.717, 1.165) is 0 Å². The molecular formula is C17H25N. The molecule has 2 aromatic rings. The van der Waals surface area contributed by atoms with Gasteiger partial charge < -0.3 is 4.98 Å². The molecule has 1 atom stereocenters. The van der Waals surface area contributed by atoms with Crippen LogP contribution in [0.4, 0.5) is 0 Å². The van der Waals surface area contributed by atoms with Gasteiger partial charge in [-0.2, -0.15) is 0 Å². The molecular weight excluding hydrogens is 218 g/mol. The lowest BCUT2D eigenvalue weighted by Crippen LogP contribution is -1.96. The van der Waals surface area contributed by atoms with E-state index in [1.807, 2.05) is 0 Å². The van der Waals surface area contributed by atoms with E-state index in [0.29, 0.717) is 5.92 Å². The lowest BCUT2D eigenvalue weighted by atomic mass is 9.90. The maximum absolute atomic E-state index is 3.47. The Morgan fingerprint density at radius 2 is 1.94 bits per heavy atom. The topological polar surface area (TPSA) is 15.8 Å². The van der Waals surface area contributed by atoms with Gasteiger partial charge in [0.2, 0.25) is 0 Å². The number of aromatic amines is 1.